The van der Waals surface area contributed by atoms with Gasteiger partial charge in [-0.3, -0.25) is 0 Å². The van der Waals surface area contributed by atoms with Gasteiger partial charge in [0.15, 0.2) is 0 Å². The molecule has 0 aliphatic rings. The largest absolute Gasteiger partial charge is 0.389 e. The van der Waals surface area contributed by atoms with Crippen molar-refractivity contribution in [3.05, 3.63) is 35.1 Å². The average Bonchev–Trinajstić information content (AvgIpc) is 2.26. The lowest BCUT2D eigenvalue weighted by atomic mass is 10.0. The quantitative estimate of drug-likeness (QED) is 0.550. The van der Waals surface area contributed by atoms with Crippen LogP contribution in [0.2, 0.25) is 0 Å². The Morgan fingerprint density at radius 3 is 2.40 bits per heavy atom. The summed E-state index contributed by atoms with van der Waals surface area (Å²) in [4.78, 5) is 0. The Balaban J connectivity index is 2.92. The lowest BCUT2D eigenvalue weighted by molar-refractivity contribution is 0.0241. The molecule has 0 radical (unpaired) electrons. The summed E-state index contributed by atoms with van der Waals surface area (Å²) >= 11 is 0. The van der Waals surface area contributed by atoms with Gasteiger partial charge in [0.2, 0.25) is 0 Å². The van der Waals surface area contributed by atoms with Crippen molar-refractivity contribution in [2.24, 2.45) is 11.5 Å². The van der Waals surface area contributed by atoms with Crippen molar-refractivity contribution in [1.82, 2.24) is 0 Å². The average molecular weight is 214 g/mol. The van der Waals surface area contributed by atoms with E-state index in [1.54, 1.807) is 0 Å². The smallest absolute Gasteiger partial charge is 0.128 e. The van der Waals surface area contributed by atoms with Gasteiger partial charge in [0.1, 0.15) is 11.9 Å². The second-order valence-electron chi connectivity index (χ2n) is 3.30. The van der Waals surface area contributed by atoms with Gasteiger partial charge in [-0.1, -0.05) is 12.1 Å². The van der Waals surface area contributed by atoms with Gasteiger partial charge in [0.25, 0.3) is 0 Å². The van der Waals surface area contributed by atoms with Crippen LogP contribution in [-0.2, 0) is 6.54 Å². The number of halogens is 1. The van der Waals surface area contributed by atoms with E-state index in [4.69, 9.17) is 11.5 Å². The Labute approximate surface area is 87.3 Å². The number of hydrogen-bond donors (Lipinski definition) is 4. The third-order valence-corrected chi connectivity index (χ3v) is 2.24. The van der Waals surface area contributed by atoms with Crippen LogP contribution in [0, 0.1) is 5.82 Å². The highest BCUT2D eigenvalue weighted by Crippen LogP contribution is 2.19. The standard InChI is InChI=1S/C10H15FN2O2/c11-8-3-6(1-2-7(8)4-12)10(15)9(14)5-13/h1-3,9-10,14-15H,4-5,12-13H2. The normalized spacial score (nSPS) is 15.0. The van der Waals surface area contributed by atoms with Crippen molar-refractivity contribution in [2.75, 3.05) is 6.54 Å². The highest BCUT2D eigenvalue weighted by Gasteiger charge is 2.17. The van der Waals surface area contributed by atoms with Crippen molar-refractivity contribution >= 4 is 0 Å². The van der Waals surface area contributed by atoms with E-state index in [1.165, 1.54) is 12.1 Å². The Morgan fingerprint density at radius 2 is 1.93 bits per heavy atom. The first-order chi connectivity index (χ1) is 7.10. The lowest BCUT2D eigenvalue weighted by Crippen LogP contribution is -2.27. The van der Waals surface area contributed by atoms with Crippen LogP contribution in [0.1, 0.15) is 17.2 Å². The molecule has 1 aromatic carbocycles. The van der Waals surface area contributed by atoms with Gasteiger partial charge in [-0.15, -0.1) is 0 Å². The SMILES string of the molecule is NCc1ccc(C(O)C(O)CN)cc1F. The van der Waals surface area contributed by atoms with E-state index >= 15 is 0 Å². The number of aliphatic hydroxyl groups excluding tert-OH is 2. The zero-order valence-electron chi connectivity index (χ0n) is 8.23. The molecule has 0 aliphatic carbocycles. The molecule has 0 spiro atoms. The molecule has 6 N–H and O–H groups in total. The molecule has 4 nitrogen and oxygen atoms in total. The van der Waals surface area contributed by atoms with Gasteiger partial charge < -0.3 is 21.7 Å². The Kier molecular flexibility index (Phi) is 4.16. The third kappa shape index (κ3) is 2.73. The summed E-state index contributed by atoms with van der Waals surface area (Å²) in [5.74, 6) is -0.488. The zero-order chi connectivity index (χ0) is 11.4. The fourth-order valence-electron chi connectivity index (χ4n) is 1.26. The van der Waals surface area contributed by atoms with Gasteiger partial charge in [-0.05, 0) is 11.6 Å². The maximum atomic E-state index is 13.3. The van der Waals surface area contributed by atoms with Crippen LogP contribution in [-0.4, -0.2) is 22.9 Å². The van der Waals surface area contributed by atoms with E-state index in [9.17, 15) is 14.6 Å². The molecule has 0 aliphatic heterocycles. The Hall–Kier alpha value is -1.01. The molecule has 0 saturated heterocycles. The van der Waals surface area contributed by atoms with E-state index in [2.05, 4.69) is 0 Å². The third-order valence-electron chi connectivity index (χ3n) is 2.24. The molecule has 5 heteroatoms. The summed E-state index contributed by atoms with van der Waals surface area (Å²) in [6.07, 6.45) is -2.26. The lowest BCUT2D eigenvalue weighted by Gasteiger charge is -2.16. The molecule has 1 rings (SSSR count). The Bertz CT molecular complexity index is 333. The fraction of sp³-hybridized carbons (Fsp3) is 0.400. The molecular weight excluding hydrogens is 199 g/mol. The van der Waals surface area contributed by atoms with Crippen LogP contribution < -0.4 is 11.5 Å². The highest BCUT2D eigenvalue weighted by molar-refractivity contribution is 5.26. The number of rotatable bonds is 4. The van der Waals surface area contributed by atoms with Crippen molar-refractivity contribution < 1.29 is 14.6 Å². The van der Waals surface area contributed by atoms with Crippen molar-refractivity contribution in [3.8, 4) is 0 Å². The number of benzene rings is 1. The second kappa shape index (κ2) is 5.18. The molecule has 84 valence electrons. The first kappa shape index (κ1) is 12.1. The van der Waals surface area contributed by atoms with Crippen molar-refractivity contribution in [2.45, 2.75) is 18.8 Å². The molecule has 0 heterocycles. The maximum absolute atomic E-state index is 13.3. The van der Waals surface area contributed by atoms with E-state index < -0.39 is 18.0 Å². The summed E-state index contributed by atoms with van der Waals surface area (Å²) in [6.45, 7) is 0.0169. The van der Waals surface area contributed by atoms with Crippen molar-refractivity contribution in [1.29, 1.82) is 0 Å². The predicted octanol–water partition coefficient (Wildman–Crippen LogP) is -0.363. The van der Waals surface area contributed by atoms with Gasteiger partial charge in [0, 0.05) is 18.7 Å². The number of nitrogens with two attached hydrogens (primary N) is 2. The number of aliphatic hydroxyl groups is 2. The summed E-state index contributed by atoms with van der Waals surface area (Å²) in [7, 11) is 0. The van der Waals surface area contributed by atoms with Crippen LogP contribution in [0.25, 0.3) is 0 Å². The van der Waals surface area contributed by atoms with Gasteiger partial charge in [0.05, 0.1) is 6.10 Å². The molecule has 1 aromatic rings. The minimum absolute atomic E-state index is 0.0819. The summed E-state index contributed by atoms with van der Waals surface area (Å²) in [5.41, 5.74) is 11.1. The van der Waals surface area contributed by atoms with E-state index in [-0.39, 0.29) is 13.1 Å². The minimum atomic E-state index is -1.17. The molecule has 0 saturated carbocycles. The topological polar surface area (TPSA) is 92.5 Å². The molecule has 0 aromatic heterocycles. The summed E-state index contributed by atoms with van der Waals surface area (Å²) in [5, 5.41) is 18.8. The maximum Gasteiger partial charge on any atom is 0.128 e. The molecular formula is C10H15FN2O2. The van der Waals surface area contributed by atoms with Crippen molar-refractivity contribution in [3.63, 3.8) is 0 Å². The highest BCUT2D eigenvalue weighted by atomic mass is 19.1. The molecule has 15 heavy (non-hydrogen) atoms. The first-order valence-electron chi connectivity index (χ1n) is 4.64. The first-order valence-corrected chi connectivity index (χ1v) is 4.64. The van der Waals surface area contributed by atoms with Crippen LogP contribution >= 0.6 is 0 Å². The monoisotopic (exact) mass is 214 g/mol. The molecule has 0 bridgehead atoms. The van der Waals surface area contributed by atoms with Crippen LogP contribution in [0.5, 0.6) is 0 Å². The van der Waals surface area contributed by atoms with E-state index in [0.29, 0.717) is 11.1 Å². The fourth-order valence-corrected chi connectivity index (χ4v) is 1.26. The van der Waals surface area contributed by atoms with E-state index in [1.807, 2.05) is 0 Å². The van der Waals surface area contributed by atoms with Crippen LogP contribution in [0.15, 0.2) is 18.2 Å². The molecule has 2 unspecified atom stereocenters. The molecule has 0 amide bonds. The second-order valence-corrected chi connectivity index (χ2v) is 3.30. The predicted molar refractivity (Wildman–Crippen MR) is 54.3 cm³/mol. The Morgan fingerprint density at radius 1 is 1.27 bits per heavy atom. The van der Waals surface area contributed by atoms with Crippen LogP contribution in [0.4, 0.5) is 4.39 Å². The molecule has 2 atom stereocenters. The van der Waals surface area contributed by atoms with Gasteiger partial charge >= 0.3 is 0 Å². The van der Waals surface area contributed by atoms with Gasteiger partial charge in [-0.2, -0.15) is 0 Å². The van der Waals surface area contributed by atoms with Crippen LogP contribution in [0.3, 0.4) is 0 Å². The zero-order valence-corrected chi connectivity index (χ0v) is 8.23. The number of hydrogen-bond acceptors (Lipinski definition) is 4. The molecule has 0 fully saturated rings. The minimum Gasteiger partial charge on any atom is -0.389 e. The van der Waals surface area contributed by atoms with E-state index in [0.717, 1.165) is 6.07 Å². The summed E-state index contributed by atoms with van der Waals surface area (Å²) in [6, 6.07) is 4.16. The summed E-state index contributed by atoms with van der Waals surface area (Å²) < 4.78 is 13.3. The van der Waals surface area contributed by atoms with Gasteiger partial charge in [-0.25, -0.2) is 4.39 Å².